The summed E-state index contributed by atoms with van der Waals surface area (Å²) in [6.07, 6.45) is 4.93. The molecule has 1 amide bonds. The van der Waals surface area contributed by atoms with Gasteiger partial charge in [0.05, 0.1) is 12.7 Å². The third-order valence-electron chi connectivity index (χ3n) is 7.45. The summed E-state index contributed by atoms with van der Waals surface area (Å²) in [5.41, 5.74) is 3.53. The van der Waals surface area contributed by atoms with Crippen LogP contribution in [-0.4, -0.2) is 54.8 Å². The van der Waals surface area contributed by atoms with E-state index in [0.29, 0.717) is 18.3 Å². The van der Waals surface area contributed by atoms with Gasteiger partial charge in [-0.15, -0.1) is 0 Å². The van der Waals surface area contributed by atoms with Gasteiger partial charge in [0.1, 0.15) is 11.9 Å². The van der Waals surface area contributed by atoms with Crippen molar-refractivity contribution in [1.29, 1.82) is 0 Å². The second kappa shape index (κ2) is 8.24. The zero-order chi connectivity index (χ0) is 22.3. The van der Waals surface area contributed by atoms with Gasteiger partial charge in [-0.25, -0.2) is 4.79 Å². The molecule has 0 unspecified atom stereocenters. The lowest BCUT2D eigenvalue weighted by atomic mass is 9.59. The lowest BCUT2D eigenvalue weighted by molar-refractivity contribution is -0.140. The average Bonchev–Trinajstić information content (AvgIpc) is 3.48. The van der Waals surface area contributed by atoms with Gasteiger partial charge < -0.3 is 19.5 Å². The molecule has 3 aliphatic rings. The minimum Gasteiger partial charge on any atom is -0.496 e. The van der Waals surface area contributed by atoms with Crippen LogP contribution in [0.25, 0.3) is 11.1 Å². The van der Waals surface area contributed by atoms with Crippen LogP contribution < -0.4 is 4.74 Å². The number of aromatic carboxylic acids is 1. The van der Waals surface area contributed by atoms with Crippen molar-refractivity contribution in [1.82, 2.24) is 4.90 Å². The molecule has 1 spiro atoms. The van der Waals surface area contributed by atoms with Gasteiger partial charge in [-0.05, 0) is 72.8 Å². The molecule has 168 valence electrons. The molecule has 1 atom stereocenters. The largest absolute Gasteiger partial charge is 0.496 e. The first kappa shape index (κ1) is 21.0. The Morgan fingerprint density at radius 3 is 2.59 bits per heavy atom. The van der Waals surface area contributed by atoms with Gasteiger partial charge in [0.25, 0.3) is 5.91 Å². The van der Waals surface area contributed by atoms with E-state index in [-0.39, 0.29) is 23.0 Å². The molecule has 2 aromatic carbocycles. The minimum atomic E-state index is -0.950. The van der Waals surface area contributed by atoms with Gasteiger partial charge in [0.15, 0.2) is 0 Å². The highest BCUT2D eigenvalue weighted by Crippen LogP contribution is 2.56. The quantitative estimate of drug-likeness (QED) is 0.756. The van der Waals surface area contributed by atoms with Crippen LogP contribution in [0.1, 0.15) is 53.9 Å². The molecule has 5 rings (SSSR count). The molecule has 1 N–H and O–H groups in total. The van der Waals surface area contributed by atoms with Crippen molar-refractivity contribution in [2.75, 3.05) is 26.8 Å². The summed E-state index contributed by atoms with van der Waals surface area (Å²) in [6.45, 7) is 2.42. The molecule has 6 heteroatoms. The zero-order valence-corrected chi connectivity index (χ0v) is 18.4. The van der Waals surface area contributed by atoms with E-state index >= 15 is 0 Å². The van der Waals surface area contributed by atoms with Crippen molar-refractivity contribution in [3.63, 3.8) is 0 Å². The fourth-order valence-corrected chi connectivity index (χ4v) is 5.66. The van der Waals surface area contributed by atoms with Crippen LogP contribution in [-0.2, 0) is 9.53 Å². The van der Waals surface area contributed by atoms with Gasteiger partial charge in [-0.2, -0.15) is 0 Å². The molecule has 32 heavy (non-hydrogen) atoms. The molecule has 3 fully saturated rings. The number of hydrogen-bond donors (Lipinski definition) is 1. The second-order valence-corrected chi connectivity index (χ2v) is 9.46. The molecular formula is C26H29NO5. The Labute approximate surface area is 188 Å². The number of benzene rings is 2. The number of likely N-dealkylation sites (tertiary alicyclic amines) is 1. The number of carbonyl (C=O) groups excluding carboxylic acids is 1. The van der Waals surface area contributed by atoms with Crippen molar-refractivity contribution in [2.45, 2.75) is 44.1 Å². The van der Waals surface area contributed by atoms with E-state index in [9.17, 15) is 14.7 Å². The van der Waals surface area contributed by atoms with E-state index in [1.807, 2.05) is 17.0 Å². The standard InChI is InChI=1S/C26H29NO5/c1-31-22-9-8-19(25(29)30)13-21(22)18-6-4-17(5-7-18)20-14-26(15-20)10-11-27(16-26)24(28)23-3-2-12-32-23/h4-9,13,20,23H,2-3,10-12,14-16H2,1H3,(H,29,30)/t20-,23-,26+/m1/s1. The van der Waals surface area contributed by atoms with Crippen LogP contribution in [0.3, 0.4) is 0 Å². The van der Waals surface area contributed by atoms with Crippen LogP contribution >= 0.6 is 0 Å². The van der Waals surface area contributed by atoms with E-state index < -0.39 is 5.97 Å². The first-order valence-electron chi connectivity index (χ1n) is 11.4. The third kappa shape index (κ3) is 3.77. The van der Waals surface area contributed by atoms with Crippen molar-refractivity contribution < 1.29 is 24.2 Å². The Hall–Kier alpha value is -2.86. The second-order valence-electron chi connectivity index (χ2n) is 9.46. The molecule has 0 bridgehead atoms. The number of methoxy groups -OCH3 is 1. The highest BCUT2D eigenvalue weighted by molar-refractivity contribution is 5.90. The van der Waals surface area contributed by atoms with Gasteiger partial charge in [0, 0.05) is 25.3 Å². The number of nitrogens with zero attached hydrogens (tertiary/aromatic N) is 1. The number of carboxylic acids is 1. The Morgan fingerprint density at radius 1 is 1.16 bits per heavy atom. The maximum absolute atomic E-state index is 12.7. The van der Waals surface area contributed by atoms with E-state index in [0.717, 1.165) is 56.3 Å². The van der Waals surface area contributed by atoms with E-state index in [2.05, 4.69) is 12.1 Å². The number of carbonyl (C=O) groups is 2. The zero-order valence-electron chi connectivity index (χ0n) is 18.4. The summed E-state index contributed by atoms with van der Waals surface area (Å²) < 4.78 is 11.0. The predicted molar refractivity (Wildman–Crippen MR) is 120 cm³/mol. The number of carboxylic acid groups (broad SMARTS) is 1. The monoisotopic (exact) mass is 435 g/mol. The van der Waals surface area contributed by atoms with E-state index in [4.69, 9.17) is 9.47 Å². The molecule has 2 aliphatic heterocycles. The van der Waals surface area contributed by atoms with Gasteiger partial charge in [-0.3, -0.25) is 4.79 Å². The number of rotatable bonds is 5. The summed E-state index contributed by atoms with van der Waals surface area (Å²) >= 11 is 0. The maximum Gasteiger partial charge on any atom is 0.335 e. The van der Waals surface area contributed by atoms with Crippen LogP contribution in [0.15, 0.2) is 42.5 Å². The van der Waals surface area contributed by atoms with Gasteiger partial charge in [-0.1, -0.05) is 24.3 Å². The minimum absolute atomic E-state index is 0.185. The summed E-state index contributed by atoms with van der Waals surface area (Å²) in [5.74, 6) is 0.403. The number of amides is 1. The Bertz CT molecular complexity index is 1020. The average molecular weight is 436 g/mol. The molecule has 6 nitrogen and oxygen atoms in total. The Balaban J connectivity index is 1.24. The fraction of sp³-hybridized carbons (Fsp3) is 0.462. The summed E-state index contributed by atoms with van der Waals surface area (Å²) in [5, 5.41) is 9.32. The van der Waals surface area contributed by atoms with Crippen LogP contribution in [0.2, 0.25) is 0 Å². The van der Waals surface area contributed by atoms with Crippen molar-refractivity contribution in [3.05, 3.63) is 53.6 Å². The normalized spacial score (nSPS) is 26.8. The summed E-state index contributed by atoms with van der Waals surface area (Å²) in [6, 6.07) is 13.3. The van der Waals surface area contributed by atoms with Crippen molar-refractivity contribution >= 4 is 11.9 Å². The predicted octanol–water partition coefficient (Wildman–Crippen LogP) is 4.34. The van der Waals surface area contributed by atoms with E-state index in [1.54, 1.807) is 25.3 Å². The fourth-order valence-electron chi connectivity index (χ4n) is 5.66. The molecule has 2 aromatic rings. The first-order valence-corrected chi connectivity index (χ1v) is 11.4. The Kier molecular flexibility index (Phi) is 5.41. The first-order chi connectivity index (χ1) is 15.5. The lowest BCUT2D eigenvalue weighted by Gasteiger charge is -2.45. The molecular weight excluding hydrogens is 406 g/mol. The van der Waals surface area contributed by atoms with E-state index in [1.165, 1.54) is 5.56 Å². The summed E-state index contributed by atoms with van der Waals surface area (Å²) in [7, 11) is 1.59. The lowest BCUT2D eigenvalue weighted by Crippen LogP contribution is -2.42. The highest BCUT2D eigenvalue weighted by atomic mass is 16.5. The molecule has 1 aliphatic carbocycles. The van der Waals surface area contributed by atoms with Crippen molar-refractivity contribution in [2.24, 2.45) is 5.41 Å². The van der Waals surface area contributed by atoms with Crippen LogP contribution in [0.5, 0.6) is 5.75 Å². The van der Waals surface area contributed by atoms with Crippen LogP contribution in [0.4, 0.5) is 0 Å². The van der Waals surface area contributed by atoms with Gasteiger partial charge in [0.2, 0.25) is 0 Å². The third-order valence-corrected chi connectivity index (χ3v) is 7.45. The molecule has 0 aromatic heterocycles. The molecule has 0 radical (unpaired) electrons. The van der Waals surface area contributed by atoms with Gasteiger partial charge >= 0.3 is 5.97 Å². The van der Waals surface area contributed by atoms with Crippen molar-refractivity contribution in [3.8, 4) is 16.9 Å². The molecule has 2 saturated heterocycles. The maximum atomic E-state index is 12.7. The summed E-state index contributed by atoms with van der Waals surface area (Å²) in [4.78, 5) is 26.1. The van der Waals surface area contributed by atoms with Crippen LogP contribution in [0, 0.1) is 5.41 Å². The smallest absolute Gasteiger partial charge is 0.335 e. The number of hydrogen-bond acceptors (Lipinski definition) is 4. The Morgan fingerprint density at radius 2 is 1.94 bits per heavy atom. The SMILES string of the molecule is COc1ccc(C(=O)O)cc1-c1ccc([C@H]2C[C@]3(CCN(C(=O)[C@H]4CCCO4)C3)C2)cc1. The molecule has 2 heterocycles. The molecule has 1 saturated carbocycles. The number of ether oxygens (including phenoxy) is 2. The topological polar surface area (TPSA) is 76.1 Å². The highest BCUT2D eigenvalue weighted by Gasteiger charge is 2.50.